The molecule has 0 atom stereocenters. The van der Waals surface area contributed by atoms with Gasteiger partial charge < -0.3 is 47.2 Å². The molecule has 2 aromatic carbocycles. The van der Waals surface area contributed by atoms with E-state index in [1.165, 1.54) is 0 Å². The van der Waals surface area contributed by atoms with Gasteiger partial charge in [-0.3, -0.25) is 20.2 Å². The predicted molar refractivity (Wildman–Crippen MR) is 98.7 cm³/mol. The van der Waals surface area contributed by atoms with E-state index in [0.717, 1.165) is 48.5 Å². The quantitative estimate of drug-likeness (QED) is 0.199. The van der Waals surface area contributed by atoms with Crippen molar-refractivity contribution in [3.05, 3.63) is 79.9 Å². The smallest absolute Gasteiger partial charge is 0.545 e. The zero-order chi connectivity index (χ0) is 18.3. The first kappa shape index (κ1) is 41.8. The van der Waals surface area contributed by atoms with E-state index in [1.807, 2.05) is 0 Å². The number of hydrogen-bond acceptors (Lipinski definition) is 8. The van der Waals surface area contributed by atoms with E-state index in [1.54, 1.807) is 0 Å². The van der Waals surface area contributed by atoms with E-state index >= 15 is 0 Å². The van der Waals surface area contributed by atoms with Crippen molar-refractivity contribution in [3.8, 4) is 0 Å². The molecule has 0 fully saturated rings. The van der Waals surface area contributed by atoms with Crippen molar-refractivity contribution in [1.82, 2.24) is 0 Å². The summed E-state index contributed by atoms with van der Waals surface area (Å²) in [6, 6.07) is 8.99. The molecule has 2 aromatic rings. The van der Waals surface area contributed by atoms with Crippen LogP contribution in [-0.4, -0.2) is 98.0 Å². The van der Waals surface area contributed by atoms with Crippen LogP contribution in [0, 0.1) is 20.2 Å². The Balaban J connectivity index is -0.0000000800. The van der Waals surface area contributed by atoms with E-state index in [0.29, 0.717) is 0 Å². The Morgan fingerprint density at radius 2 is 0.767 bits per heavy atom. The normalized spacial score (nSPS) is 7.47. The van der Waals surface area contributed by atoms with Crippen molar-refractivity contribution >= 4 is 72.2 Å². The molecule has 15 nitrogen and oxygen atoms in total. The van der Waals surface area contributed by atoms with Crippen LogP contribution in [0.5, 0.6) is 0 Å². The van der Waals surface area contributed by atoms with Crippen LogP contribution in [0.4, 0.5) is 11.4 Å². The number of aromatic carboxylic acids is 2. The zero-order valence-electron chi connectivity index (χ0n) is 15.0. The molecule has 0 spiro atoms. The number of nitro groups is 2. The molecule has 0 radical (unpaired) electrons. The standard InChI is InChI=1S/2C7H5NO4.Ba.5H2O/c2*9-7(10)5-1-3-6(4-2-5)8(11)12;;;;;;/h2*1-4H,(H,9,10);;5*1H2/q;;+2;;;;;/p-2. The molecule has 0 aliphatic heterocycles. The van der Waals surface area contributed by atoms with Gasteiger partial charge in [-0.15, -0.1) is 0 Å². The third-order valence-corrected chi connectivity index (χ3v) is 2.63. The van der Waals surface area contributed by atoms with Crippen LogP contribution in [0.25, 0.3) is 0 Å². The monoisotopic (exact) mass is 560 g/mol. The van der Waals surface area contributed by atoms with Crippen LogP contribution in [0.2, 0.25) is 0 Å². The summed E-state index contributed by atoms with van der Waals surface area (Å²) in [4.78, 5) is 39.5. The molecule has 0 heterocycles. The van der Waals surface area contributed by atoms with Crippen molar-refractivity contribution in [1.29, 1.82) is 0 Å². The van der Waals surface area contributed by atoms with Gasteiger partial charge >= 0.3 is 48.9 Å². The van der Waals surface area contributed by atoms with E-state index in [2.05, 4.69) is 0 Å². The first-order valence-corrected chi connectivity index (χ1v) is 6.14. The molecule has 0 bridgehead atoms. The second-order valence-corrected chi connectivity index (χ2v) is 4.18. The topological polar surface area (TPSA) is 324 Å². The van der Waals surface area contributed by atoms with Gasteiger partial charge in [0, 0.05) is 24.3 Å². The van der Waals surface area contributed by atoms with Crippen molar-refractivity contribution in [2.45, 2.75) is 0 Å². The average Bonchev–Trinajstić information content (AvgIpc) is 2.55. The minimum absolute atomic E-state index is 0. The average molecular weight is 560 g/mol. The third kappa shape index (κ3) is 13.7. The van der Waals surface area contributed by atoms with Gasteiger partial charge in [0.1, 0.15) is 0 Å². The molecule has 10 N–H and O–H groups in total. The Labute approximate surface area is 207 Å². The molecule has 164 valence electrons. The van der Waals surface area contributed by atoms with Crippen LogP contribution < -0.4 is 10.2 Å². The number of carboxylic acids is 2. The molecule has 0 aliphatic rings. The van der Waals surface area contributed by atoms with Gasteiger partial charge in [-0.25, -0.2) is 0 Å². The van der Waals surface area contributed by atoms with Crippen LogP contribution in [0.3, 0.4) is 0 Å². The van der Waals surface area contributed by atoms with Gasteiger partial charge in [0.05, 0.1) is 21.8 Å². The summed E-state index contributed by atoms with van der Waals surface area (Å²) in [7, 11) is 0. The summed E-state index contributed by atoms with van der Waals surface area (Å²) >= 11 is 0. The zero-order valence-corrected chi connectivity index (χ0v) is 19.4. The van der Waals surface area contributed by atoms with Gasteiger partial charge in [-0.1, -0.05) is 0 Å². The van der Waals surface area contributed by atoms with Gasteiger partial charge in [-0.05, 0) is 35.4 Å². The Bertz CT molecular complexity index is 648. The molecular weight excluding hydrogens is 541 g/mol. The minimum atomic E-state index is -1.34. The number of non-ortho nitro benzene ring substituents is 2. The third-order valence-electron chi connectivity index (χ3n) is 2.63. The Hall–Kier alpha value is -2.45. The van der Waals surface area contributed by atoms with Crippen molar-refractivity contribution in [2.75, 3.05) is 0 Å². The number of rotatable bonds is 4. The number of hydrogen-bond donors (Lipinski definition) is 0. The molecular formula is C14H18BaN2O13. The molecule has 0 amide bonds. The largest absolute Gasteiger partial charge is 2.00 e. The van der Waals surface area contributed by atoms with Crippen molar-refractivity contribution in [3.63, 3.8) is 0 Å². The Morgan fingerprint density at radius 1 is 0.567 bits per heavy atom. The molecule has 0 saturated heterocycles. The number of nitrogens with zero attached hydrogens (tertiary/aromatic N) is 2. The van der Waals surface area contributed by atoms with E-state index in [4.69, 9.17) is 0 Å². The fourth-order valence-electron chi connectivity index (χ4n) is 1.44. The first-order valence-electron chi connectivity index (χ1n) is 6.14. The van der Waals surface area contributed by atoms with E-state index in [9.17, 15) is 40.0 Å². The molecule has 0 aromatic heterocycles. The van der Waals surface area contributed by atoms with Crippen LogP contribution in [0.15, 0.2) is 48.5 Å². The predicted octanol–water partition coefficient (Wildman–Crippen LogP) is -4.59. The maximum atomic E-state index is 10.2. The molecule has 2 rings (SSSR count). The maximum absolute atomic E-state index is 10.2. The number of benzene rings is 2. The van der Waals surface area contributed by atoms with Crippen molar-refractivity contribution < 1.29 is 57.0 Å². The van der Waals surface area contributed by atoms with Crippen LogP contribution >= 0.6 is 0 Å². The molecule has 0 unspecified atom stereocenters. The van der Waals surface area contributed by atoms with E-state index < -0.39 is 21.8 Å². The van der Waals surface area contributed by atoms with Gasteiger partial charge in [-0.2, -0.15) is 0 Å². The fourth-order valence-corrected chi connectivity index (χ4v) is 1.44. The SMILES string of the molecule is O.O.O.O.O.O=C([O-])c1ccc([N+](=O)[O-])cc1.O=C([O-])c1ccc([N+](=O)[O-])cc1.[Ba+2]. The van der Waals surface area contributed by atoms with Crippen LogP contribution in [0.1, 0.15) is 20.7 Å². The number of carbonyl (C=O) groups is 2. The number of carbonyl (C=O) groups excluding carboxylic acids is 2. The second-order valence-electron chi connectivity index (χ2n) is 4.18. The van der Waals surface area contributed by atoms with Gasteiger partial charge in [0.2, 0.25) is 0 Å². The molecule has 0 aliphatic carbocycles. The summed E-state index contributed by atoms with van der Waals surface area (Å²) in [5.41, 5.74) is -0.416. The number of nitro benzene ring substituents is 2. The second kappa shape index (κ2) is 19.9. The van der Waals surface area contributed by atoms with Crippen molar-refractivity contribution in [2.24, 2.45) is 0 Å². The maximum Gasteiger partial charge on any atom is 2.00 e. The molecule has 30 heavy (non-hydrogen) atoms. The van der Waals surface area contributed by atoms with Gasteiger partial charge in [0.25, 0.3) is 11.4 Å². The van der Waals surface area contributed by atoms with Crippen LogP contribution in [-0.2, 0) is 0 Å². The van der Waals surface area contributed by atoms with E-state index in [-0.39, 0.29) is 98.8 Å². The summed E-state index contributed by atoms with van der Waals surface area (Å²) < 4.78 is 0. The summed E-state index contributed by atoms with van der Waals surface area (Å²) in [6.45, 7) is 0. The summed E-state index contributed by atoms with van der Waals surface area (Å²) in [5.74, 6) is -2.69. The molecule has 16 heteroatoms. The molecule has 0 saturated carbocycles. The Kier molecular flexibility index (Phi) is 27.7. The summed E-state index contributed by atoms with van der Waals surface area (Å²) in [6.07, 6.45) is 0. The minimum Gasteiger partial charge on any atom is -0.545 e. The number of carboxylic acid groups (broad SMARTS) is 2. The first-order chi connectivity index (χ1) is 11.2. The Morgan fingerprint density at radius 3 is 0.900 bits per heavy atom. The van der Waals surface area contributed by atoms with Gasteiger partial charge in [0.15, 0.2) is 0 Å². The fraction of sp³-hybridized carbons (Fsp3) is 0. The summed E-state index contributed by atoms with van der Waals surface area (Å²) in [5, 5.41) is 40.7.